The van der Waals surface area contributed by atoms with Crippen LogP contribution in [0.1, 0.15) is 31.4 Å². The van der Waals surface area contributed by atoms with Crippen molar-refractivity contribution in [2.75, 3.05) is 11.4 Å². The van der Waals surface area contributed by atoms with Crippen molar-refractivity contribution in [1.29, 1.82) is 0 Å². The van der Waals surface area contributed by atoms with Crippen LogP contribution in [0.25, 0.3) is 17.2 Å². The second kappa shape index (κ2) is 6.88. The lowest BCUT2D eigenvalue weighted by Gasteiger charge is -2.49. The van der Waals surface area contributed by atoms with E-state index in [2.05, 4.69) is 109 Å². The molecular weight excluding hydrogens is 368 g/mol. The molecule has 0 bridgehead atoms. The molecule has 3 heteroatoms. The molecule has 1 fully saturated rings. The summed E-state index contributed by atoms with van der Waals surface area (Å²) in [5.74, 6) is 0.108. The molecule has 150 valence electrons. The highest BCUT2D eigenvalue weighted by Gasteiger charge is 2.57. The Morgan fingerprint density at radius 3 is 2.30 bits per heavy atom. The number of carbonyl (C=O) groups excluding carboxylic acids is 1. The van der Waals surface area contributed by atoms with Crippen molar-refractivity contribution in [2.24, 2.45) is 0 Å². The quantitative estimate of drug-likeness (QED) is 0.647. The van der Waals surface area contributed by atoms with E-state index >= 15 is 0 Å². The monoisotopic (exact) mass is 394 g/mol. The smallest absolute Gasteiger partial charge is 0.223 e. The lowest BCUT2D eigenvalue weighted by Crippen LogP contribution is -2.68. The highest BCUT2D eigenvalue weighted by Crippen LogP contribution is 2.52. The summed E-state index contributed by atoms with van der Waals surface area (Å²) >= 11 is 0. The fraction of sp³-hybridized carbons (Fsp3) is 0.222. The van der Waals surface area contributed by atoms with Crippen LogP contribution in [0.5, 0.6) is 0 Å². The van der Waals surface area contributed by atoms with E-state index in [1.54, 1.807) is 0 Å². The second-order valence-corrected chi connectivity index (χ2v) is 8.68. The van der Waals surface area contributed by atoms with Gasteiger partial charge in [-0.05, 0) is 34.4 Å². The standard InChI is InChI=1S/C27H26N2O/c1-26(2)23-10-6-7-11-24(23)29-19-17-25(30)28-27(26,29)18-16-20-12-14-22(15-13-20)21-8-4-3-5-9-21/h3-16,18H,17,19H2,1-2H3,(H,28,30)/b18-16+. The molecule has 1 atom stereocenters. The first-order chi connectivity index (χ1) is 14.5. The molecule has 0 aromatic heterocycles. The summed E-state index contributed by atoms with van der Waals surface area (Å²) in [4.78, 5) is 14.9. The maximum Gasteiger partial charge on any atom is 0.223 e. The first kappa shape index (κ1) is 18.7. The summed E-state index contributed by atoms with van der Waals surface area (Å²) in [6.07, 6.45) is 4.84. The van der Waals surface area contributed by atoms with Gasteiger partial charge in [-0.15, -0.1) is 0 Å². The number of fused-ring (bicyclic) bond motifs is 3. The van der Waals surface area contributed by atoms with Crippen LogP contribution in [0.4, 0.5) is 5.69 Å². The van der Waals surface area contributed by atoms with Crippen LogP contribution in [0.3, 0.4) is 0 Å². The Bertz CT molecular complexity index is 1120. The van der Waals surface area contributed by atoms with Crippen molar-refractivity contribution in [3.8, 4) is 11.1 Å². The number of anilines is 1. The highest BCUT2D eigenvalue weighted by molar-refractivity contribution is 5.84. The SMILES string of the molecule is CC1(C)c2ccccc2N2CCC(=O)NC21/C=C/c1ccc(-c2ccccc2)cc1. The van der Waals surface area contributed by atoms with Gasteiger partial charge in [0.2, 0.25) is 5.91 Å². The summed E-state index contributed by atoms with van der Waals surface area (Å²) in [7, 11) is 0. The van der Waals surface area contributed by atoms with Gasteiger partial charge in [0.05, 0.1) is 0 Å². The van der Waals surface area contributed by atoms with Crippen molar-refractivity contribution in [3.05, 3.63) is 96.1 Å². The van der Waals surface area contributed by atoms with Gasteiger partial charge in [0.15, 0.2) is 0 Å². The van der Waals surface area contributed by atoms with E-state index in [1.807, 2.05) is 6.07 Å². The molecule has 0 radical (unpaired) electrons. The second-order valence-electron chi connectivity index (χ2n) is 8.68. The first-order valence-corrected chi connectivity index (χ1v) is 10.5. The molecule has 0 aliphatic carbocycles. The van der Waals surface area contributed by atoms with Crippen LogP contribution in [0.15, 0.2) is 84.9 Å². The molecule has 3 aromatic carbocycles. The van der Waals surface area contributed by atoms with Crippen molar-refractivity contribution in [2.45, 2.75) is 31.3 Å². The van der Waals surface area contributed by atoms with Gasteiger partial charge in [0.25, 0.3) is 0 Å². The largest absolute Gasteiger partial charge is 0.344 e. The number of hydrogen-bond donors (Lipinski definition) is 1. The van der Waals surface area contributed by atoms with Gasteiger partial charge in [0.1, 0.15) is 5.66 Å². The van der Waals surface area contributed by atoms with Crippen molar-refractivity contribution < 1.29 is 4.79 Å². The Labute approximate surface area is 178 Å². The van der Waals surface area contributed by atoms with E-state index in [9.17, 15) is 4.79 Å². The van der Waals surface area contributed by atoms with Gasteiger partial charge < -0.3 is 10.2 Å². The molecule has 0 saturated carbocycles. The average molecular weight is 395 g/mol. The Balaban J connectivity index is 1.52. The molecule has 1 amide bonds. The summed E-state index contributed by atoms with van der Waals surface area (Å²) in [6, 6.07) is 27.5. The molecule has 0 spiro atoms. The number of hydrogen-bond acceptors (Lipinski definition) is 2. The molecule has 3 nitrogen and oxygen atoms in total. The number of para-hydroxylation sites is 1. The zero-order valence-electron chi connectivity index (χ0n) is 17.4. The van der Waals surface area contributed by atoms with E-state index in [4.69, 9.17) is 0 Å². The highest BCUT2D eigenvalue weighted by atomic mass is 16.2. The number of amides is 1. The predicted octanol–water partition coefficient (Wildman–Crippen LogP) is 5.38. The van der Waals surface area contributed by atoms with Crippen molar-refractivity contribution in [3.63, 3.8) is 0 Å². The Kier molecular flexibility index (Phi) is 4.28. The lowest BCUT2D eigenvalue weighted by molar-refractivity contribution is -0.124. The molecule has 2 aliphatic rings. The van der Waals surface area contributed by atoms with Gasteiger partial charge >= 0.3 is 0 Å². The van der Waals surface area contributed by atoms with Crippen molar-refractivity contribution in [1.82, 2.24) is 5.32 Å². The Hall–Kier alpha value is -3.33. The number of carbonyl (C=O) groups is 1. The van der Waals surface area contributed by atoms with Crippen LogP contribution in [0, 0.1) is 0 Å². The van der Waals surface area contributed by atoms with Crippen LogP contribution in [-0.4, -0.2) is 18.1 Å². The first-order valence-electron chi connectivity index (χ1n) is 10.5. The zero-order chi connectivity index (χ0) is 20.8. The van der Waals surface area contributed by atoms with Gasteiger partial charge in [0, 0.05) is 24.1 Å². The number of rotatable bonds is 3. The third-order valence-corrected chi connectivity index (χ3v) is 6.67. The molecule has 2 aliphatic heterocycles. The number of nitrogens with zero attached hydrogens (tertiary/aromatic N) is 1. The van der Waals surface area contributed by atoms with E-state index < -0.39 is 5.66 Å². The van der Waals surface area contributed by atoms with Crippen molar-refractivity contribution >= 4 is 17.7 Å². The fourth-order valence-corrected chi connectivity index (χ4v) is 4.95. The maximum absolute atomic E-state index is 12.5. The minimum absolute atomic E-state index is 0.108. The third-order valence-electron chi connectivity index (χ3n) is 6.67. The van der Waals surface area contributed by atoms with Gasteiger partial charge in [-0.2, -0.15) is 0 Å². The molecule has 5 rings (SSSR count). The van der Waals surface area contributed by atoms with Crippen LogP contribution in [-0.2, 0) is 10.2 Å². The van der Waals surface area contributed by atoms with Gasteiger partial charge in [-0.1, -0.05) is 92.7 Å². The van der Waals surface area contributed by atoms with Crippen LogP contribution in [0.2, 0.25) is 0 Å². The molecule has 3 aromatic rings. The van der Waals surface area contributed by atoms with E-state index in [1.165, 1.54) is 22.4 Å². The zero-order valence-corrected chi connectivity index (χ0v) is 17.4. The Morgan fingerprint density at radius 2 is 1.53 bits per heavy atom. The number of benzene rings is 3. The summed E-state index contributed by atoms with van der Waals surface area (Å²) in [5.41, 5.74) is 5.21. The minimum atomic E-state index is -0.565. The predicted molar refractivity (Wildman–Crippen MR) is 123 cm³/mol. The summed E-state index contributed by atoms with van der Waals surface area (Å²) in [5, 5.41) is 3.34. The van der Waals surface area contributed by atoms with Gasteiger partial charge in [-0.3, -0.25) is 4.79 Å². The number of nitrogens with one attached hydrogen (secondary N) is 1. The molecule has 1 N–H and O–H groups in total. The van der Waals surface area contributed by atoms with E-state index in [0.717, 1.165) is 12.1 Å². The summed E-state index contributed by atoms with van der Waals surface area (Å²) in [6.45, 7) is 5.17. The van der Waals surface area contributed by atoms with Gasteiger partial charge in [-0.25, -0.2) is 0 Å². The molecule has 1 saturated heterocycles. The third kappa shape index (κ3) is 2.77. The summed E-state index contributed by atoms with van der Waals surface area (Å²) < 4.78 is 0. The topological polar surface area (TPSA) is 32.3 Å². The van der Waals surface area contributed by atoms with Crippen LogP contribution < -0.4 is 10.2 Å². The minimum Gasteiger partial charge on any atom is -0.344 e. The molecule has 30 heavy (non-hydrogen) atoms. The molecular formula is C27H26N2O. The van der Waals surface area contributed by atoms with Crippen LogP contribution >= 0.6 is 0 Å². The maximum atomic E-state index is 12.5. The van der Waals surface area contributed by atoms with E-state index in [0.29, 0.717) is 6.42 Å². The molecule has 2 heterocycles. The average Bonchev–Trinajstić information content (AvgIpc) is 2.97. The normalized spacial score (nSPS) is 21.9. The lowest BCUT2D eigenvalue weighted by atomic mass is 9.74. The van der Waals surface area contributed by atoms with E-state index in [-0.39, 0.29) is 11.3 Å². The molecule has 1 unspecified atom stereocenters. The fourth-order valence-electron chi connectivity index (χ4n) is 4.95. The Morgan fingerprint density at radius 1 is 0.867 bits per heavy atom.